The molecule has 1 unspecified atom stereocenters. The highest BCUT2D eigenvalue weighted by atomic mass is 16.5. The molecule has 1 aliphatic rings. The van der Waals surface area contributed by atoms with Crippen LogP contribution in [0.3, 0.4) is 0 Å². The van der Waals surface area contributed by atoms with E-state index in [4.69, 9.17) is 14.7 Å². The van der Waals surface area contributed by atoms with Gasteiger partial charge in [-0.05, 0) is 41.8 Å². The van der Waals surface area contributed by atoms with E-state index in [0.29, 0.717) is 18.3 Å². The second-order valence-corrected chi connectivity index (χ2v) is 8.33. The zero-order valence-corrected chi connectivity index (χ0v) is 20.2. The lowest BCUT2D eigenvalue weighted by atomic mass is 10.0. The van der Waals surface area contributed by atoms with Crippen LogP contribution in [-0.2, 0) is 14.3 Å². The Hall–Kier alpha value is -3.47. The van der Waals surface area contributed by atoms with Crippen LogP contribution in [0.2, 0.25) is 0 Å². The van der Waals surface area contributed by atoms with Crippen LogP contribution >= 0.6 is 0 Å². The zero-order chi connectivity index (χ0) is 25.4. The Morgan fingerprint density at radius 1 is 1.06 bits per heavy atom. The Morgan fingerprint density at radius 2 is 1.66 bits per heavy atom. The van der Waals surface area contributed by atoms with Crippen LogP contribution in [0.1, 0.15) is 16.8 Å². The quantitative estimate of drug-likeness (QED) is 0.189. The molecular weight excluding hydrogens is 452 g/mol. The van der Waals surface area contributed by atoms with Crippen LogP contribution in [-0.4, -0.2) is 92.3 Å². The largest absolute Gasteiger partial charge is 0.494 e. The summed E-state index contributed by atoms with van der Waals surface area (Å²) in [4.78, 5) is 40.0. The standard InChI is InChI=1S/C25H32N4O6/c1-26-23(30)22(24(31)27-33)28(2)25(32)19-7-5-17(6-8-19)18-9-11-20(12-10-18)35-14-4-13-29-15-21(16-29)34-3/h5-12,21-22,33H,4,13-16H2,1-3H3,(H,26,30)(H,27,31). The van der Waals surface area contributed by atoms with Gasteiger partial charge in [-0.2, -0.15) is 0 Å². The molecule has 1 heterocycles. The van der Waals surface area contributed by atoms with E-state index in [2.05, 4.69) is 10.2 Å². The third-order valence-electron chi connectivity index (χ3n) is 6.02. The number of rotatable bonds is 11. The molecule has 3 N–H and O–H groups in total. The van der Waals surface area contributed by atoms with Crippen LogP contribution in [0.15, 0.2) is 48.5 Å². The number of hydrogen-bond donors (Lipinski definition) is 3. The number of ether oxygens (including phenoxy) is 2. The number of nitrogens with zero attached hydrogens (tertiary/aromatic N) is 2. The first-order chi connectivity index (χ1) is 16.9. The van der Waals surface area contributed by atoms with Gasteiger partial charge in [-0.15, -0.1) is 0 Å². The molecule has 3 amide bonds. The average Bonchev–Trinajstić information content (AvgIpc) is 2.87. The maximum atomic E-state index is 12.8. The molecule has 0 aromatic heterocycles. The van der Waals surface area contributed by atoms with Gasteiger partial charge in [0.05, 0.1) is 12.7 Å². The fourth-order valence-electron chi connectivity index (χ4n) is 3.87. The molecule has 2 aromatic rings. The molecule has 3 rings (SSSR count). The van der Waals surface area contributed by atoms with E-state index in [1.54, 1.807) is 31.4 Å². The van der Waals surface area contributed by atoms with Gasteiger partial charge in [0.25, 0.3) is 17.7 Å². The Kier molecular flexibility index (Phi) is 9.18. The highest BCUT2D eigenvalue weighted by Gasteiger charge is 2.33. The van der Waals surface area contributed by atoms with Crippen molar-refractivity contribution in [3.8, 4) is 16.9 Å². The summed E-state index contributed by atoms with van der Waals surface area (Å²) in [6.45, 7) is 3.60. The van der Waals surface area contributed by atoms with Crippen molar-refractivity contribution in [1.29, 1.82) is 0 Å². The third-order valence-corrected chi connectivity index (χ3v) is 6.02. The molecule has 0 spiro atoms. The Labute approximate surface area is 204 Å². The number of hydrogen-bond acceptors (Lipinski definition) is 7. The van der Waals surface area contributed by atoms with Gasteiger partial charge in [-0.3, -0.25) is 24.5 Å². The molecule has 188 valence electrons. The van der Waals surface area contributed by atoms with Crippen LogP contribution in [0.5, 0.6) is 5.75 Å². The van der Waals surface area contributed by atoms with Gasteiger partial charge >= 0.3 is 0 Å². The molecule has 1 aliphatic heterocycles. The number of hydroxylamine groups is 1. The monoisotopic (exact) mass is 484 g/mol. The number of likely N-dealkylation sites (tertiary alicyclic amines) is 1. The fourth-order valence-corrected chi connectivity index (χ4v) is 3.87. The molecule has 1 fully saturated rings. The van der Waals surface area contributed by atoms with Crippen molar-refractivity contribution in [1.82, 2.24) is 20.6 Å². The Balaban J connectivity index is 1.54. The summed E-state index contributed by atoms with van der Waals surface area (Å²) < 4.78 is 11.1. The molecular formula is C25H32N4O6. The Bertz CT molecular complexity index is 990. The lowest BCUT2D eigenvalue weighted by Crippen LogP contribution is -2.54. The first-order valence-electron chi connectivity index (χ1n) is 11.4. The predicted octanol–water partition coefficient (Wildman–Crippen LogP) is 1.15. The summed E-state index contributed by atoms with van der Waals surface area (Å²) in [5.74, 6) is -1.46. The lowest BCUT2D eigenvalue weighted by molar-refractivity contribution is -0.140. The second kappa shape index (κ2) is 12.3. The molecule has 0 aliphatic carbocycles. The van der Waals surface area contributed by atoms with Crippen LogP contribution in [0, 0.1) is 0 Å². The number of amides is 3. The summed E-state index contributed by atoms with van der Waals surface area (Å²) >= 11 is 0. The predicted molar refractivity (Wildman–Crippen MR) is 129 cm³/mol. The molecule has 0 radical (unpaired) electrons. The zero-order valence-electron chi connectivity index (χ0n) is 20.2. The number of carbonyl (C=O) groups is 3. The van der Waals surface area contributed by atoms with Crippen LogP contribution < -0.4 is 15.5 Å². The lowest BCUT2D eigenvalue weighted by Gasteiger charge is -2.38. The molecule has 10 nitrogen and oxygen atoms in total. The first kappa shape index (κ1) is 26.1. The van der Waals surface area contributed by atoms with Crippen molar-refractivity contribution >= 4 is 17.7 Å². The third kappa shape index (κ3) is 6.56. The summed E-state index contributed by atoms with van der Waals surface area (Å²) in [7, 11) is 4.41. The number of nitrogens with one attached hydrogen (secondary N) is 2. The molecule has 10 heteroatoms. The summed E-state index contributed by atoms with van der Waals surface area (Å²) in [6.07, 6.45) is 1.31. The van der Waals surface area contributed by atoms with E-state index in [0.717, 1.165) is 47.8 Å². The second-order valence-electron chi connectivity index (χ2n) is 8.33. The average molecular weight is 485 g/mol. The van der Waals surface area contributed by atoms with E-state index < -0.39 is 23.8 Å². The minimum Gasteiger partial charge on any atom is -0.494 e. The number of carbonyl (C=O) groups excluding carboxylic acids is 3. The molecule has 1 saturated heterocycles. The van der Waals surface area contributed by atoms with Crippen molar-refractivity contribution in [2.45, 2.75) is 18.6 Å². The van der Waals surface area contributed by atoms with E-state index in [1.807, 2.05) is 24.3 Å². The van der Waals surface area contributed by atoms with Crippen molar-refractivity contribution < 1.29 is 29.1 Å². The summed E-state index contributed by atoms with van der Waals surface area (Å²) in [6, 6.07) is 13.0. The number of benzene rings is 2. The highest BCUT2D eigenvalue weighted by Crippen LogP contribution is 2.23. The summed E-state index contributed by atoms with van der Waals surface area (Å²) in [5, 5.41) is 11.2. The van der Waals surface area contributed by atoms with Gasteiger partial charge in [-0.1, -0.05) is 24.3 Å². The molecule has 35 heavy (non-hydrogen) atoms. The molecule has 0 bridgehead atoms. The minimum atomic E-state index is -1.50. The molecule has 1 atom stereocenters. The van der Waals surface area contributed by atoms with E-state index in [9.17, 15) is 14.4 Å². The van der Waals surface area contributed by atoms with Crippen molar-refractivity contribution in [3.63, 3.8) is 0 Å². The minimum absolute atomic E-state index is 0.301. The first-order valence-corrected chi connectivity index (χ1v) is 11.4. The fraction of sp³-hybridized carbons (Fsp3) is 0.400. The van der Waals surface area contributed by atoms with Crippen molar-refractivity contribution in [2.75, 3.05) is 47.4 Å². The maximum Gasteiger partial charge on any atom is 0.275 e. The Morgan fingerprint density at radius 3 is 2.20 bits per heavy atom. The van der Waals surface area contributed by atoms with Gasteiger partial charge in [-0.25, -0.2) is 5.48 Å². The highest BCUT2D eigenvalue weighted by molar-refractivity contribution is 6.08. The van der Waals surface area contributed by atoms with Gasteiger partial charge in [0.2, 0.25) is 0 Å². The number of likely N-dealkylation sites (N-methyl/N-ethyl adjacent to an activating group) is 2. The van der Waals surface area contributed by atoms with E-state index >= 15 is 0 Å². The van der Waals surface area contributed by atoms with Crippen LogP contribution in [0.25, 0.3) is 11.1 Å². The van der Waals surface area contributed by atoms with E-state index in [-0.39, 0.29) is 0 Å². The van der Waals surface area contributed by atoms with Gasteiger partial charge in [0.1, 0.15) is 5.75 Å². The van der Waals surface area contributed by atoms with Crippen LogP contribution in [0.4, 0.5) is 0 Å². The smallest absolute Gasteiger partial charge is 0.275 e. The van der Waals surface area contributed by atoms with Gasteiger partial charge in [0.15, 0.2) is 6.04 Å². The number of methoxy groups -OCH3 is 1. The topological polar surface area (TPSA) is 120 Å². The van der Waals surface area contributed by atoms with Gasteiger partial charge in [0, 0.05) is 46.4 Å². The van der Waals surface area contributed by atoms with Crippen molar-refractivity contribution in [3.05, 3.63) is 54.1 Å². The summed E-state index contributed by atoms with van der Waals surface area (Å²) in [5.41, 5.74) is 3.58. The maximum absolute atomic E-state index is 12.8. The normalized spacial score (nSPS) is 14.5. The van der Waals surface area contributed by atoms with Gasteiger partial charge < -0.3 is 19.7 Å². The SMILES string of the molecule is CNC(=O)C(C(=O)NO)N(C)C(=O)c1ccc(-c2ccc(OCCCN3CC(OC)C3)cc2)cc1. The molecule has 2 aromatic carbocycles. The van der Waals surface area contributed by atoms with E-state index in [1.165, 1.54) is 19.6 Å². The molecule has 0 saturated carbocycles. The van der Waals surface area contributed by atoms with Crippen molar-refractivity contribution in [2.24, 2.45) is 0 Å².